The molecule has 10 heteroatoms. The number of halogens is 2. The van der Waals surface area contributed by atoms with Crippen LogP contribution in [0, 0.1) is 18.6 Å². The van der Waals surface area contributed by atoms with E-state index in [1.54, 1.807) is 24.0 Å². The fraction of sp³-hybridized carbons (Fsp3) is 0.483. The van der Waals surface area contributed by atoms with Crippen LogP contribution in [-0.2, 0) is 11.2 Å². The first-order valence-electron chi connectivity index (χ1n) is 13.3. The highest BCUT2D eigenvalue weighted by Gasteiger charge is 2.24. The van der Waals surface area contributed by atoms with E-state index in [1.807, 2.05) is 13.8 Å². The van der Waals surface area contributed by atoms with Crippen LogP contribution < -0.4 is 16.0 Å². The van der Waals surface area contributed by atoms with E-state index in [0.717, 1.165) is 36.6 Å². The van der Waals surface area contributed by atoms with Crippen molar-refractivity contribution in [1.82, 2.24) is 20.9 Å². The van der Waals surface area contributed by atoms with Gasteiger partial charge in [0.1, 0.15) is 11.6 Å². The molecule has 0 saturated carbocycles. The van der Waals surface area contributed by atoms with Gasteiger partial charge >= 0.3 is 0 Å². The Morgan fingerprint density at radius 3 is 2.13 bits per heavy atom. The Morgan fingerprint density at radius 1 is 0.923 bits per heavy atom. The predicted molar refractivity (Wildman–Crippen MR) is 147 cm³/mol. The SMILES string of the molecule is CCCN(CCC)C(=O)c1cc(C)cc(C(=O)N[C@@H](Cc2cc(F)cc(F)c2)[C@H](O)CNCCNC(C)=O)c1. The van der Waals surface area contributed by atoms with Crippen molar-refractivity contribution in [3.8, 4) is 0 Å². The lowest BCUT2D eigenvalue weighted by molar-refractivity contribution is -0.118. The Hall–Kier alpha value is -3.37. The number of aryl methyl sites for hydroxylation is 1. The first kappa shape index (κ1) is 31.8. The molecule has 2 aromatic rings. The molecular weight excluding hydrogens is 506 g/mol. The molecule has 0 spiro atoms. The summed E-state index contributed by atoms with van der Waals surface area (Å²) in [5, 5.41) is 19.3. The number of carbonyl (C=O) groups excluding carboxylic acids is 3. The number of rotatable bonds is 15. The molecule has 0 saturated heterocycles. The molecule has 0 aliphatic rings. The molecule has 0 fully saturated rings. The smallest absolute Gasteiger partial charge is 0.253 e. The number of nitrogens with one attached hydrogen (secondary N) is 3. The second-order valence-electron chi connectivity index (χ2n) is 9.70. The Kier molecular flexibility index (Phi) is 13.0. The summed E-state index contributed by atoms with van der Waals surface area (Å²) in [6, 6.07) is 7.06. The lowest BCUT2D eigenvalue weighted by Crippen LogP contribution is -2.49. The number of carbonyl (C=O) groups is 3. The molecule has 0 bridgehead atoms. The average Bonchev–Trinajstić information content (AvgIpc) is 2.86. The van der Waals surface area contributed by atoms with Gasteiger partial charge in [0.15, 0.2) is 0 Å². The summed E-state index contributed by atoms with van der Waals surface area (Å²) in [5.74, 6) is -2.39. The maximum atomic E-state index is 13.8. The van der Waals surface area contributed by atoms with E-state index in [0.29, 0.717) is 31.7 Å². The van der Waals surface area contributed by atoms with Crippen molar-refractivity contribution >= 4 is 17.7 Å². The van der Waals surface area contributed by atoms with Crippen LogP contribution in [0.5, 0.6) is 0 Å². The number of amides is 3. The lowest BCUT2D eigenvalue weighted by Gasteiger charge is -2.25. The third-order valence-corrected chi connectivity index (χ3v) is 6.05. The fourth-order valence-corrected chi connectivity index (χ4v) is 4.31. The van der Waals surface area contributed by atoms with Crippen molar-refractivity contribution in [2.24, 2.45) is 0 Å². The van der Waals surface area contributed by atoms with Gasteiger partial charge in [-0.05, 0) is 67.6 Å². The van der Waals surface area contributed by atoms with Crippen LogP contribution in [0.1, 0.15) is 65.5 Å². The van der Waals surface area contributed by atoms with Gasteiger partial charge < -0.3 is 26.0 Å². The van der Waals surface area contributed by atoms with E-state index in [9.17, 15) is 28.3 Å². The minimum Gasteiger partial charge on any atom is -0.390 e. The zero-order chi connectivity index (χ0) is 28.9. The fourth-order valence-electron chi connectivity index (χ4n) is 4.31. The molecule has 4 N–H and O–H groups in total. The van der Waals surface area contributed by atoms with Crippen LogP contribution in [0.4, 0.5) is 8.78 Å². The van der Waals surface area contributed by atoms with E-state index in [2.05, 4.69) is 16.0 Å². The zero-order valence-corrected chi connectivity index (χ0v) is 23.2. The third kappa shape index (κ3) is 10.7. The predicted octanol–water partition coefficient (Wildman–Crippen LogP) is 2.96. The lowest BCUT2D eigenvalue weighted by atomic mass is 9.99. The van der Waals surface area contributed by atoms with Crippen molar-refractivity contribution in [2.75, 3.05) is 32.7 Å². The summed E-state index contributed by atoms with van der Waals surface area (Å²) in [6.45, 7) is 9.17. The van der Waals surface area contributed by atoms with Crippen LogP contribution in [0.15, 0.2) is 36.4 Å². The molecule has 2 rings (SSSR count). The Balaban J connectivity index is 2.25. The summed E-state index contributed by atoms with van der Waals surface area (Å²) >= 11 is 0. The highest BCUT2D eigenvalue weighted by atomic mass is 19.1. The quantitative estimate of drug-likeness (QED) is 0.257. The standard InChI is InChI=1S/C29H40F2N4O4/c1-5-9-35(10-6-2)29(39)23-12-19(3)11-22(16-23)28(38)34-26(15-21-13-24(30)17-25(31)14-21)27(37)18-32-7-8-33-20(4)36/h11-14,16-17,26-27,32,37H,5-10,15,18H2,1-4H3,(H,33,36)(H,34,38)/t26-,27+/m0/s1. The Morgan fingerprint density at radius 2 is 1.54 bits per heavy atom. The molecule has 0 radical (unpaired) electrons. The summed E-state index contributed by atoms with van der Waals surface area (Å²) in [7, 11) is 0. The van der Waals surface area contributed by atoms with Gasteiger partial charge in [-0.1, -0.05) is 13.8 Å². The van der Waals surface area contributed by atoms with E-state index >= 15 is 0 Å². The molecule has 0 aromatic heterocycles. The first-order valence-corrected chi connectivity index (χ1v) is 13.3. The molecule has 0 aliphatic carbocycles. The van der Waals surface area contributed by atoms with Crippen LogP contribution in [0.25, 0.3) is 0 Å². The molecule has 0 unspecified atom stereocenters. The number of aliphatic hydroxyl groups is 1. The van der Waals surface area contributed by atoms with Crippen LogP contribution in [0.3, 0.4) is 0 Å². The number of hydrogen-bond donors (Lipinski definition) is 4. The first-order chi connectivity index (χ1) is 18.5. The number of hydrogen-bond acceptors (Lipinski definition) is 5. The monoisotopic (exact) mass is 546 g/mol. The van der Waals surface area contributed by atoms with Crippen molar-refractivity contribution in [3.63, 3.8) is 0 Å². The maximum Gasteiger partial charge on any atom is 0.253 e. The molecule has 8 nitrogen and oxygen atoms in total. The number of nitrogens with zero attached hydrogens (tertiary/aromatic N) is 1. The van der Waals surface area contributed by atoms with Gasteiger partial charge in [-0.25, -0.2) is 8.78 Å². The van der Waals surface area contributed by atoms with Gasteiger partial charge in [-0.3, -0.25) is 14.4 Å². The molecule has 39 heavy (non-hydrogen) atoms. The average molecular weight is 547 g/mol. The van der Waals surface area contributed by atoms with Crippen molar-refractivity contribution in [3.05, 3.63) is 70.3 Å². The highest BCUT2D eigenvalue weighted by molar-refractivity contribution is 6.00. The molecular formula is C29H40F2N4O4. The van der Waals surface area contributed by atoms with E-state index in [-0.39, 0.29) is 35.9 Å². The minimum absolute atomic E-state index is 0.0344. The Bertz CT molecular complexity index is 1100. The molecule has 3 amide bonds. The second-order valence-corrected chi connectivity index (χ2v) is 9.70. The normalized spacial score (nSPS) is 12.5. The molecule has 2 atom stereocenters. The van der Waals surface area contributed by atoms with Crippen LogP contribution in [0.2, 0.25) is 0 Å². The number of aliphatic hydroxyl groups excluding tert-OH is 1. The van der Waals surface area contributed by atoms with E-state index < -0.39 is 29.7 Å². The van der Waals surface area contributed by atoms with Gasteiger partial charge in [0, 0.05) is 56.8 Å². The van der Waals surface area contributed by atoms with E-state index in [4.69, 9.17) is 0 Å². The van der Waals surface area contributed by atoms with Crippen molar-refractivity contribution < 1.29 is 28.3 Å². The molecule has 0 aliphatic heterocycles. The highest BCUT2D eigenvalue weighted by Crippen LogP contribution is 2.16. The zero-order valence-electron chi connectivity index (χ0n) is 23.2. The second kappa shape index (κ2) is 15.9. The largest absolute Gasteiger partial charge is 0.390 e. The summed E-state index contributed by atoms with van der Waals surface area (Å²) in [4.78, 5) is 39.3. The van der Waals surface area contributed by atoms with Crippen molar-refractivity contribution in [2.45, 2.75) is 59.1 Å². The van der Waals surface area contributed by atoms with Crippen LogP contribution >= 0.6 is 0 Å². The molecule has 0 heterocycles. The molecule has 2 aromatic carbocycles. The maximum absolute atomic E-state index is 13.8. The van der Waals surface area contributed by atoms with Crippen molar-refractivity contribution in [1.29, 1.82) is 0 Å². The van der Waals surface area contributed by atoms with Gasteiger partial charge in [0.2, 0.25) is 5.91 Å². The molecule has 214 valence electrons. The van der Waals surface area contributed by atoms with Gasteiger partial charge in [-0.2, -0.15) is 0 Å². The Labute approximate surface area is 229 Å². The topological polar surface area (TPSA) is 111 Å². The van der Waals surface area contributed by atoms with Gasteiger partial charge in [0.25, 0.3) is 11.8 Å². The minimum atomic E-state index is -1.12. The van der Waals surface area contributed by atoms with Crippen LogP contribution in [-0.4, -0.2) is 72.6 Å². The number of benzene rings is 2. The summed E-state index contributed by atoms with van der Waals surface area (Å²) in [6.07, 6.45) is 0.467. The third-order valence-electron chi connectivity index (χ3n) is 6.05. The van der Waals surface area contributed by atoms with Gasteiger partial charge in [0.05, 0.1) is 12.1 Å². The van der Waals surface area contributed by atoms with E-state index in [1.165, 1.54) is 13.0 Å². The van der Waals surface area contributed by atoms with Gasteiger partial charge in [-0.15, -0.1) is 0 Å². The summed E-state index contributed by atoms with van der Waals surface area (Å²) in [5.41, 5.74) is 1.63. The summed E-state index contributed by atoms with van der Waals surface area (Å²) < 4.78 is 27.7.